The van der Waals surface area contributed by atoms with Crippen LogP contribution in [0.15, 0.2) is 23.1 Å². The van der Waals surface area contributed by atoms with Crippen molar-refractivity contribution in [3.63, 3.8) is 0 Å². The van der Waals surface area contributed by atoms with Crippen molar-refractivity contribution >= 4 is 20.8 Å². The largest absolute Gasteiger partial charge is 0.260 e. The molecule has 1 aliphatic rings. The number of aryl methyl sites for hydroxylation is 2. The number of benzene rings is 1. The van der Waals surface area contributed by atoms with Crippen LogP contribution in [0.4, 0.5) is 0 Å². The summed E-state index contributed by atoms with van der Waals surface area (Å²) in [6.07, 6.45) is 1.30. The first-order chi connectivity index (χ1) is 8.88. The van der Waals surface area contributed by atoms with Crippen LogP contribution in [0, 0.1) is 13.8 Å². The SMILES string of the molecule is Cc1ccc(S(=O)(=O)NC2CCS(=O)CC2)c(C)c1. The maximum atomic E-state index is 12.3. The highest BCUT2D eigenvalue weighted by Gasteiger charge is 2.24. The van der Waals surface area contributed by atoms with E-state index in [1.165, 1.54) is 0 Å². The van der Waals surface area contributed by atoms with Gasteiger partial charge in [-0.3, -0.25) is 4.21 Å². The lowest BCUT2D eigenvalue weighted by molar-refractivity contribution is 0.521. The van der Waals surface area contributed by atoms with Crippen LogP contribution in [0.3, 0.4) is 0 Å². The Kier molecular flexibility index (Phi) is 4.43. The summed E-state index contributed by atoms with van der Waals surface area (Å²) in [4.78, 5) is 0.338. The number of rotatable bonds is 3. The summed E-state index contributed by atoms with van der Waals surface area (Å²) in [5.41, 5.74) is 1.80. The lowest BCUT2D eigenvalue weighted by Crippen LogP contribution is -2.39. The minimum Gasteiger partial charge on any atom is -0.260 e. The van der Waals surface area contributed by atoms with Gasteiger partial charge in [0.25, 0.3) is 0 Å². The first-order valence-electron chi connectivity index (χ1n) is 6.33. The Labute approximate surface area is 117 Å². The van der Waals surface area contributed by atoms with E-state index in [-0.39, 0.29) is 6.04 Å². The van der Waals surface area contributed by atoms with Crippen LogP contribution in [0.2, 0.25) is 0 Å². The molecule has 0 bridgehead atoms. The molecule has 0 saturated carbocycles. The minimum absolute atomic E-state index is 0.0941. The van der Waals surface area contributed by atoms with Crippen molar-refractivity contribution in [2.24, 2.45) is 0 Å². The zero-order valence-electron chi connectivity index (χ0n) is 11.2. The number of sulfonamides is 1. The molecule has 0 aromatic heterocycles. The first-order valence-corrected chi connectivity index (χ1v) is 9.30. The topological polar surface area (TPSA) is 63.2 Å². The zero-order chi connectivity index (χ0) is 14.0. The average Bonchev–Trinajstić information content (AvgIpc) is 2.31. The van der Waals surface area contributed by atoms with Crippen molar-refractivity contribution in [1.29, 1.82) is 0 Å². The fourth-order valence-corrected chi connectivity index (χ4v) is 5.13. The molecule has 0 spiro atoms. The molecular formula is C13H19NO3S2. The van der Waals surface area contributed by atoms with E-state index < -0.39 is 20.8 Å². The van der Waals surface area contributed by atoms with E-state index in [2.05, 4.69) is 4.72 Å². The van der Waals surface area contributed by atoms with Crippen molar-refractivity contribution in [3.05, 3.63) is 29.3 Å². The Morgan fingerprint density at radius 2 is 1.84 bits per heavy atom. The molecule has 4 nitrogen and oxygen atoms in total. The molecule has 1 aromatic carbocycles. The summed E-state index contributed by atoms with van der Waals surface area (Å²) in [6, 6.07) is 5.22. The molecule has 1 saturated heterocycles. The Bertz CT molecular complexity index is 586. The molecule has 1 heterocycles. The molecule has 0 aliphatic carbocycles. The maximum Gasteiger partial charge on any atom is 0.241 e. The van der Waals surface area contributed by atoms with Gasteiger partial charge in [0.2, 0.25) is 10.0 Å². The van der Waals surface area contributed by atoms with Crippen LogP contribution in [0.5, 0.6) is 0 Å². The highest BCUT2D eigenvalue weighted by atomic mass is 32.2. The van der Waals surface area contributed by atoms with Gasteiger partial charge in [-0.2, -0.15) is 0 Å². The van der Waals surface area contributed by atoms with Crippen LogP contribution < -0.4 is 4.72 Å². The molecule has 19 heavy (non-hydrogen) atoms. The standard InChI is InChI=1S/C13H19NO3S2/c1-10-3-4-13(11(2)9-10)19(16,17)14-12-5-7-18(15)8-6-12/h3-4,9,12,14H,5-8H2,1-2H3. The van der Waals surface area contributed by atoms with Gasteiger partial charge >= 0.3 is 0 Å². The molecule has 1 N–H and O–H groups in total. The van der Waals surface area contributed by atoms with Crippen molar-refractivity contribution in [3.8, 4) is 0 Å². The fraction of sp³-hybridized carbons (Fsp3) is 0.538. The average molecular weight is 301 g/mol. The molecule has 1 aliphatic heterocycles. The van der Waals surface area contributed by atoms with E-state index in [1.807, 2.05) is 13.0 Å². The summed E-state index contributed by atoms with van der Waals surface area (Å²) in [6.45, 7) is 3.74. The van der Waals surface area contributed by atoms with Gasteiger partial charge in [0, 0.05) is 28.3 Å². The number of hydrogen-bond acceptors (Lipinski definition) is 3. The Morgan fingerprint density at radius 3 is 2.42 bits per heavy atom. The molecule has 2 rings (SSSR count). The summed E-state index contributed by atoms with van der Waals surface area (Å²) in [7, 11) is -4.25. The second-order valence-electron chi connectivity index (χ2n) is 5.01. The van der Waals surface area contributed by atoms with Crippen molar-refractivity contribution < 1.29 is 12.6 Å². The third-order valence-electron chi connectivity index (χ3n) is 3.33. The van der Waals surface area contributed by atoms with Crippen LogP contribution in [-0.2, 0) is 20.8 Å². The molecule has 1 aromatic rings. The van der Waals surface area contributed by atoms with E-state index in [4.69, 9.17) is 0 Å². The summed E-state index contributed by atoms with van der Waals surface area (Å²) >= 11 is 0. The number of nitrogens with one attached hydrogen (secondary N) is 1. The van der Waals surface area contributed by atoms with E-state index in [0.29, 0.717) is 29.2 Å². The van der Waals surface area contributed by atoms with Crippen LogP contribution in [0.25, 0.3) is 0 Å². The van der Waals surface area contributed by atoms with E-state index in [1.54, 1.807) is 19.1 Å². The van der Waals surface area contributed by atoms with Gasteiger partial charge in [-0.1, -0.05) is 17.7 Å². The molecule has 0 atom stereocenters. The predicted octanol–water partition coefficient (Wildman–Crippen LogP) is 1.49. The smallest absolute Gasteiger partial charge is 0.241 e. The van der Waals surface area contributed by atoms with Gasteiger partial charge < -0.3 is 0 Å². The molecule has 6 heteroatoms. The Morgan fingerprint density at radius 1 is 1.21 bits per heavy atom. The summed E-state index contributed by atoms with van der Waals surface area (Å²) in [5.74, 6) is 1.17. The van der Waals surface area contributed by atoms with Gasteiger partial charge in [0.05, 0.1) is 4.90 Å². The summed E-state index contributed by atoms with van der Waals surface area (Å²) in [5, 5.41) is 0. The van der Waals surface area contributed by atoms with Gasteiger partial charge in [0.1, 0.15) is 0 Å². The highest BCUT2D eigenvalue weighted by Crippen LogP contribution is 2.18. The second kappa shape index (κ2) is 5.73. The zero-order valence-corrected chi connectivity index (χ0v) is 12.8. The Hall–Kier alpha value is -0.720. The van der Waals surface area contributed by atoms with E-state index in [0.717, 1.165) is 11.1 Å². The fourth-order valence-electron chi connectivity index (χ4n) is 2.30. The predicted molar refractivity (Wildman–Crippen MR) is 77.1 cm³/mol. The lowest BCUT2D eigenvalue weighted by Gasteiger charge is -2.22. The third-order valence-corrected chi connectivity index (χ3v) is 6.39. The second-order valence-corrected chi connectivity index (χ2v) is 8.39. The Balaban J connectivity index is 2.16. The normalized spacial score (nSPS) is 24.3. The van der Waals surface area contributed by atoms with Crippen molar-refractivity contribution in [2.75, 3.05) is 11.5 Å². The lowest BCUT2D eigenvalue weighted by atomic mass is 10.2. The monoisotopic (exact) mass is 301 g/mol. The first kappa shape index (κ1) is 14.7. The molecule has 106 valence electrons. The molecule has 0 unspecified atom stereocenters. The third kappa shape index (κ3) is 3.64. The van der Waals surface area contributed by atoms with E-state index in [9.17, 15) is 12.6 Å². The molecule has 1 fully saturated rings. The van der Waals surface area contributed by atoms with Crippen LogP contribution in [-0.4, -0.2) is 30.2 Å². The van der Waals surface area contributed by atoms with E-state index >= 15 is 0 Å². The van der Waals surface area contributed by atoms with Gasteiger partial charge in [0.15, 0.2) is 0 Å². The quantitative estimate of drug-likeness (QED) is 0.920. The van der Waals surface area contributed by atoms with Gasteiger partial charge in [-0.15, -0.1) is 0 Å². The van der Waals surface area contributed by atoms with Crippen LogP contribution in [0.1, 0.15) is 24.0 Å². The van der Waals surface area contributed by atoms with Gasteiger partial charge in [-0.05, 0) is 38.3 Å². The molecule has 0 radical (unpaired) electrons. The van der Waals surface area contributed by atoms with Crippen molar-refractivity contribution in [1.82, 2.24) is 4.72 Å². The van der Waals surface area contributed by atoms with Crippen molar-refractivity contribution in [2.45, 2.75) is 37.6 Å². The molecule has 0 amide bonds. The minimum atomic E-state index is -3.47. The van der Waals surface area contributed by atoms with Gasteiger partial charge in [-0.25, -0.2) is 13.1 Å². The number of hydrogen-bond donors (Lipinski definition) is 1. The molecular weight excluding hydrogens is 282 g/mol. The summed E-state index contributed by atoms with van der Waals surface area (Å²) < 4.78 is 38.7. The highest BCUT2D eigenvalue weighted by molar-refractivity contribution is 7.89. The van der Waals surface area contributed by atoms with Crippen LogP contribution >= 0.6 is 0 Å². The maximum absolute atomic E-state index is 12.3.